The lowest BCUT2D eigenvalue weighted by Gasteiger charge is -2.19. The van der Waals surface area contributed by atoms with Gasteiger partial charge in [-0.2, -0.15) is 0 Å². The molecule has 0 fully saturated rings. The number of benzene rings is 25. The Morgan fingerprint density at radius 2 is 0.421 bits per heavy atom. The SMILES string of the molecule is c1ccc(-c2cc(-c3c4ccccc4c(-c4ccc5ccccc5c4)c4ccccc34)c3c(c2)oc2ccccc23)cc1.c1ccc(-c2ccc(-c3c4ccccc4c(-c4ccc5ccccc5c4)c4ccccc34)c3c2oc2ccccc23)cc1.c1ccc2cc(-c3c4ccccc4c(-c4cccc5oc6c(-c7cccc8ccccc78)cccc6c45)c4ccccc34)ccc2c1. The van der Waals surface area contributed by atoms with Crippen molar-refractivity contribution in [2.45, 2.75) is 0 Å². The van der Waals surface area contributed by atoms with Crippen molar-refractivity contribution in [3.05, 3.63) is 485 Å². The number of hydrogen-bond donors (Lipinski definition) is 0. The minimum atomic E-state index is 0.900. The summed E-state index contributed by atoms with van der Waals surface area (Å²) in [4.78, 5) is 0. The number of para-hydroxylation sites is 3. The van der Waals surface area contributed by atoms with E-state index in [4.69, 9.17) is 13.3 Å². The van der Waals surface area contributed by atoms with Gasteiger partial charge < -0.3 is 13.3 Å². The average molecular weight is 1690 g/mol. The van der Waals surface area contributed by atoms with Crippen LogP contribution in [0, 0.1) is 0 Å². The molecule has 3 heteroatoms. The second-order valence-corrected chi connectivity index (χ2v) is 34.9. The summed E-state index contributed by atoms with van der Waals surface area (Å²) in [5.74, 6) is 0. The smallest absolute Gasteiger partial charge is 0.143 e. The van der Waals surface area contributed by atoms with Gasteiger partial charge in [-0.1, -0.05) is 431 Å². The van der Waals surface area contributed by atoms with Crippen LogP contribution >= 0.6 is 0 Å². The van der Waals surface area contributed by atoms with Crippen LogP contribution in [0.25, 0.3) is 274 Å². The van der Waals surface area contributed by atoms with Crippen LogP contribution in [0.2, 0.25) is 0 Å². The monoisotopic (exact) mass is 1690 g/mol. The van der Waals surface area contributed by atoms with Gasteiger partial charge in [0, 0.05) is 43.4 Å². The highest BCUT2D eigenvalue weighted by Crippen LogP contribution is 2.54. The Morgan fingerprint density at radius 3 is 0.902 bits per heavy atom. The zero-order chi connectivity index (χ0) is 87.6. The maximum atomic E-state index is 6.81. The first-order valence-electron chi connectivity index (χ1n) is 45.7. The maximum Gasteiger partial charge on any atom is 0.143 e. The van der Waals surface area contributed by atoms with Gasteiger partial charge in [0.25, 0.3) is 0 Å². The Bertz CT molecular complexity index is 9420. The molecule has 0 radical (unpaired) electrons. The summed E-state index contributed by atoms with van der Waals surface area (Å²) in [5, 5.41) is 31.8. The van der Waals surface area contributed by atoms with Gasteiger partial charge in [0.15, 0.2) is 0 Å². The van der Waals surface area contributed by atoms with E-state index in [0.29, 0.717) is 0 Å². The molecule has 3 heterocycles. The minimum absolute atomic E-state index is 0.900. The second kappa shape index (κ2) is 31.8. The summed E-state index contributed by atoms with van der Waals surface area (Å²) in [6, 6.07) is 175. The molecule has 0 N–H and O–H groups in total. The lowest BCUT2D eigenvalue weighted by atomic mass is 9.84. The quantitative estimate of drug-likeness (QED) is 0.135. The molecule has 618 valence electrons. The molecular weight excluding hydrogens is 1610 g/mol. The van der Waals surface area contributed by atoms with Gasteiger partial charge in [-0.3, -0.25) is 0 Å². The predicted octanol–water partition coefficient (Wildman–Crippen LogP) is 37.3. The molecular formula is C130H80O3. The summed E-state index contributed by atoms with van der Waals surface area (Å²) in [5.41, 5.74) is 27.2. The zero-order valence-corrected chi connectivity index (χ0v) is 72.4. The van der Waals surface area contributed by atoms with Crippen LogP contribution in [0.1, 0.15) is 0 Å². The molecule has 0 amide bonds. The fourth-order valence-electron chi connectivity index (χ4n) is 21.7. The van der Waals surface area contributed by atoms with E-state index >= 15 is 0 Å². The number of furan rings is 3. The second-order valence-electron chi connectivity index (χ2n) is 34.9. The van der Waals surface area contributed by atoms with Crippen LogP contribution < -0.4 is 0 Å². The summed E-state index contributed by atoms with van der Waals surface area (Å²) in [7, 11) is 0. The van der Waals surface area contributed by atoms with Crippen molar-refractivity contribution in [3.63, 3.8) is 0 Å². The van der Waals surface area contributed by atoms with Crippen molar-refractivity contribution in [1.29, 1.82) is 0 Å². The van der Waals surface area contributed by atoms with Crippen LogP contribution in [0.3, 0.4) is 0 Å². The van der Waals surface area contributed by atoms with Gasteiger partial charge in [-0.05, 0) is 251 Å². The molecule has 0 spiro atoms. The molecule has 3 nitrogen and oxygen atoms in total. The maximum absolute atomic E-state index is 6.81. The number of fused-ring (bicyclic) bond motifs is 19. The predicted molar refractivity (Wildman–Crippen MR) is 565 cm³/mol. The van der Waals surface area contributed by atoms with E-state index in [1.807, 2.05) is 6.07 Å². The van der Waals surface area contributed by atoms with Gasteiger partial charge in [0.2, 0.25) is 0 Å². The molecule has 28 aromatic rings. The summed E-state index contributed by atoms with van der Waals surface area (Å²) >= 11 is 0. The Morgan fingerprint density at radius 1 is 0.113 bits per heavy atom. The van der Waals surface area contributed by atoms with Crippen LogP contribution in [-0.4, -0.2) is 0 Å². The standard InChI is InChI=1S/C46H28O.2C42H26O/c1-2-14-31-28-32(27-26-29(31)12-1)43-35-17-5-7-19-37(35)44(38-20-8-6-18-36(38)43)40-23-11-25-42-45(40)41-24-10-22-39(46(41)47-42)34-21-9-15-30-13-3-4-16-33(30)34;1-2-13-28(14-3-1)31-24-25-37(41-36-20-10-11-21-38(36)43-42(31)41)40-34-18-8-6-16-32(34)39(33-17-7-9-19-35(33)40)30-23-22-27-12-4-5-15-29(27)26-30;1-2-12-27(13-3-1)31-25-37(42-36-20-10-11-21-38(36)43-39(42)26-31)41-34-18-8-6-16-32(34)40(33-17-7-9-19-35(33)41)30-23-22-28-14-4-5-15-29(28)24-30/h1-28H;2*1-26H. The van der Waals surface area contributed by atoms with Gasteiger partial charge >= 0.3 is 0 Å². The number of rotatable bonds is 9. The zero-order valence-electron chi connectivity index (χ0n) is 72.4. The Balaban J connectivity index is 0.000000104. The van der Waals surface area contributed by atoms with E-state index in [0.717, 1.165) is 88.1 Å². The fraction of sp³-hybridized carbons (Fsp3) is 0. The average Bonchev–Trinajstić information content (AvgIpc) is 1.71. The molecule has 0 saturated carbocycles. The van der Waals surface area contributed by atoms with E-state index in [-0.39, 0.29) is 0 Å². The molecule has 28 rings (SSSR count). The van der Waals surface area contributed by atoms with Crippen LogP contribution in [0.15, 0.2) is 499 Å². The highest BCUT2D eigenvalue weighted by molar-refractivity contribution is 6.31. The Kier molecular flexibility index (Phi) is 18.3. The first kappa shape index (κ1) is 76.7. The molecule has 0 bridgehead atoms. The highest BCUT2D eigenvalue weighted by atomic mass is 16.3. The molecule has 0 aliphatic heterocycles. The molecule has 0 aliphatic carbocycles. The van der Waals surface area contributed by atoms with E-state index in [1.165, 1.54) is 186 Å². The first-order chi connectivity index (χ1) is 66.0. The molecule has 3 aromatic heterocycles. The van der Waals surface area contributed by atoms with Crippen LogP contribution in [0.5, 0.6) is 0 Å². The molecule has 0 saturated heterocycles. The van der Waals surface area contributed by atoms with Crippen molar-refractivity contribution in [3.8, 4) is 100 Å². The minimum Gasteiger partial charge on any atom is -0.456 e. The first-order valence-corrected chi connectivity index (χ1v) is 45.7. The van der Waals surface area contributed by atoms with Crippen molar-refractivity contribution in [2.24, 2.45) is 0 Å². The normalized spacial score (nSPS) is 11.8. The van der Waals surface area contributed by atoms with Gasteiger partial charge in [0.05, 0.1) is 0 Å². The summed E-state index contributed by atoms with van der Waals surface area (Å²) < 4.78 is 20.0. The molecule has 0 aliphatic rings. The molecule has 0 unspecified atom stereocenters. The van der Waals surface area contributed by atoms with Gasteiger partial charge in [0.1, 0.15) is 33.5 Å². The van der Waals surface area contributed by atoms with E-state index in [2.05, 4.69) is 479 Å². The van der Waals surface area contributed by atoms with Crippen molar-refractivity contribution >= 4 is 174 Å². The third-order valence-electron chi connectivity index (χ3n) is 27.5. The van der Waals surface area contributed by atoms with Crippen molar-refractivity contribution < 1.29 is 13.3 Å². The fourth-order valence-corrected chi connectivity index (χ4v) is 21.7. The third-order valence-corrected chi connectivity index (χ3v) is 27.5. The van der Waals surface area contributed by atoms with Crippen molar-refractivity contribution in [2.75, 3.05) is 0 Å². The van der Waals surface area contributed by atoms with Gasteiger partial charge in [-0.15, -0.1) is 0 Å². The lowest BCUT2D eigenvalue weighted by molar-refractivity contribution is 0.669. The number of hydrogen-bond acceptors (Lipinski definition) is 3. The van der Waals surface area contributed by atoms with Crippen LogP contribution in [-0.2, 0) is 0 Å². The molecule has 25 aromatic carbocycles. The van der Waals surface area contributed by atoms with Crippen molar-refractivity contribution in [1.82, 2.24) is 0 Å². The largest absolute Gasteiger partial charge is 0.456 e. The van der Waals surface area contributed by atoms with Gasteiger partial charge in [-0.25, -0.2) is 0 Å². The summed E-state index contributed by atoms with van der Waals surface area (Å²) in [6.45, 7) is 0. The summed E-state index contributed by atoms with van der Waals surface area (Å²) in [6.07, 6.45) is 0. The Hall–Kier alpha value is -17.5. The third kappa shape index (κ3) is 12.8. The lowest BCUT2D eigenvalue weighted by Crippen LogP contribution is -1.92. The topological polar surface area (TPSA) is 39.4 Å². The molecule has 133 heavy (non-hydrogen) atoms. The molecule has 0 atom stereocenters. The highest BCUT2D eigenvalue weighted by Gasteiger charge is 2.28. The van der Waals surface area contributed by atoms with E-state index in [1.54, 1.807) is 0 Å². The van der Waals surface area contributed by atoms with E-state index in [9.17, 15) is 0 Å². The Labute approximate surface area is 766 Å². The van der Waals surface area contributed by atoms with E-state index < -0.39 is 0 Å². The van der Waals surface area contributed by atoms with Crippen LogP contribution in [0.4, 0.5) is 0 Å².